The van der Waals surface area contributed by atoms with E-state index >= 15 is 0 Å². The Morgan fingerprint density at radius 3 is 2.57 bits per heavy atom. The van der Waals surface area contributed by atoms with Crippen LogP contribution in [0.25, 0.3) is 0 Å². The number of urea groups is 1. The summed E-state index contributed by atoms with van der Waals surface area (Å²) < 4.78 is 15.5. The molecule has 0 atom stereocenters. The highest BCUT2D eigenvalue weighted by molar-refractivity contribution is 5.92. The molecule has 0 spiro atoms. The Labute approximate surface area is 175 Å². The van der Waals surface area contributed by atoms with Gasteiger partial charge in [-0.05, 0) is 19.1 Å². The molecule has 2 aromatic rings. The van der Waals surface area contributed by atoms with E-state index in [0.717, 1.165) is 13.1 Å². The SMILES string of the molecule is COc1cccc(NC(=O)NCCN2CCN(C(=O)c3cc(C)on3)CC2)c1OC. The molecule has 1 saturated heterocycles. The number of benzene rings is 1. The fourth-order valence-electron chi connectivity index (χ4n) is 3.28. The zero-order valence-electron chi connectivity index (χ0n) is 17.4. The standard InChI is InChI=1S/C20H27N5O5/c1-14-13-16(23-30-14)19(26)25-11-9-24(10-12-25)8-7-21-20(27)22-15-5-4-6-17(28-2)18(15)29-3/h4-6,13H,7-12H2,1-3H3,(H2,21,22,27). The Morgan fingerprint density at radius 1 is 1.17 bits per heavy atom. The zero-order chi connectivity index (χ0) is 21.5. The molecular formula is C20H27N5O5. The van der Waals surface area contributed by atoms with Crippen LogP contribution in [0.5, 0.6) is 11.5 Å². The number of amides is 3. The second kappa shape index (κ2) is 9.97. The third kappa shape index (κ3) is 5.20. The van der Waals surface area contributed by atoms with Crippen LogP contribution in [0.4, 0.5) is 10.5 Å². The van der Waals surface area contributed by atoms with Gasteiger partial charge in [-0.2, -0.15) is 0 Å². The molecule has 3 amide bonds. The Hall–Kier alpha value is -3.27. The maximum atomic E-state index is 12.4. The summed E-state index contributed by atoms with van der Waals surface area (Å²) >= 11 is 0. The van der Waals surface area contributed by atoms with Crippen molar-refractivity contribution in [1.82, 2.24) is 20.3 Å². The van der Waals surface area contributed by atoms with Gasteiger partial charge in [-0.15, -0.1) is 0 Å². The van der Waals surface area contributed by atoms with Gasteiger partial charge < -0.3 is 29.5 Å². The lowest BCUT2D eigenvalue weighted by Crippen LogP contribution is -2.50. The number of anilines is 1. The molecule has 30 heavy (non-hydrogen) atoms. The van der Waals surface area contributed by atoms with Gasteiger partial charge in [0.2, 0.25) is 0 Å². The third-order valence-corrected chi connectivity index (χ3v) is 4.87. The number of para-hydroxylation sites is 1. The Bertz CT molecular complexity index is 876. The van der Waals surface area contributed by atoms with Gasteiger partial charge in [0.1, 0.15) is 5.76 Å². The molecule has 1 aliphatic rings. The van der Waals surface area contributed by atoms with Gasteiger partial charge in [0, 0.05) is 45.3 Å². The predicted octanol–water partition coefficient (Wildman–Crippen LogP) is 1.58. The number of nitrogens with zero attached hydrogens (tertiary/aromatic N) is 3. The molecular weight excluding hydrogens is 390 g/mol. The molecule has 2 N–H and O–H groups in total. The smallest absolute Gasteiger partial charge is 0.319 e. The van der Waals surface area contributed by atoms with Crippen molar-refractivity contribution in [3.05, 3.63) is 35.7 Å². The van der Waals surface area contributed by atoms with Crippen LogP contribution >= 0.6 is 0 Å². The van der Waals surface area contributed by atoms with Crippen molar-refractivity contribution in [2.24, 2.45) is 0 Å². The molecule has 3 rings (SSSR count). The molecule has 10 heteroatoms. The first-order valence-corrected chi connectivity index (χ1v) is 9.72. The van der Waals surface area contributed by atoms with E-state index in [9.17, 15) is 9.59 Å². The summed E-state index contributed by atoms with van der Waals surface area (Å²) in [5.41, 5.74) is 0.872. The fourth-order valence-corrected chi connectivity index (χ4v) is 3.28. The number of carbonyl (C=O) groups excluding carboxylic acids is 2. The minimum atomic E-state index is -0.322. The van der Waals surface area contributed by atoms with Gasteiger partial charge in [0.05, 0.1) is 19.9 Å². The summed E-state index contributed by atoms with van der Waals surface area (Å²) in [6.07, 6.45) is 0. The van der Waals surface area contributed by atoms with Gasteiger partial charge in [-0.1, -0.05) is 11.2 Å². The van der Waals surface area contributed by atoms with E-state index < -0.39 is 0 Å². The number of hydrogen-bond acceptors (Lipinski definition) is 7. The van der Waals surface area contributed by atoms with Crippen molar-refractivity contribution in [3.63, 3.8) is 0 Å². The maximum Gasteiger partial charge on any atom is 0.319 e. The summed E-state index contributed by atoms with van der Waals surface area (Å²) in [5, 5.41) is 9.40. The van der Waals surface area contributed by atoms with Gasteiger partial charge >= 0.3 is 6.03 Å². The van der Waals surface area contributed by atoms with E-state index in [0.29, 0.717) is 54.8 Å². The predicted molar refractivity (Wildman–Crippen MR) is 110 cm³/mol. The maximum absolute atomic E-state index is 12.4. The number of methoxy groups -OCH3 is 2. The number of rotatable bonds is 7. The van der Waals surface area contributed by atoms with E-state index in [-0.39, 0.29) is 11.9 Å². The first-order chi connectivity index (χ1) is 14.5. The number of aromatic nitrogens is 1. The molecule has 162 valence electrons. The Morgan fingerprint density at radius 2 is 1.93 bits per heavy atom. The summed E-state index contributed by atoms with van der Waals surface area (Å²) in [7, 11) is 3.07. The van der Waals surface area contributed by atoms with Crippen molar-refractivity contribution in [2.75, 3.05) is 58.8 Å². The van der Waals surface area contributed by atoms with E-state index in [1.165, 1.54) is 7.11 Å². The quantitative estimate of drug-likeness (QED) is 0.704. The number of ether oxygens (including phenoxy) is 2. The minimum Gasteiger partial charge on any atom is -0.493 e. The summed E-state index contributed by atoms with van der Waals surface area (Å²) in [6.45, 7) is 5.61. The van der Waals surface area contributed by atoms with Crippen molar-refractivity contribution in [3.8, 4) is 11.5 Å². The Kier molecular flexibility index (Phi) is 7.12. The van der Waals surface area contributed by atoms with E-state index in [2.05, 4.69) is 20.7 Å². The lowest BCUT2D eigenvalue weighted by molar-refractivity contribution is 0.0629. The normalized spacial score (nSPS) is 14.3. The monoisotopic (exact) mass is 417 g/mol. The number of nitrogens with one attached hydrogen (secondary N) is 2. The number of carbonyl (C=O) groups is 2. The third-order valence-electron chi connectivity index (χ3n) is 4.87. The van der Waals surface area contributed by atoms with E-state index in [4.69, 9.17) is 14.0 Å². The van der Waals surface area contributed by atoms with Gasteiger partial charge in [0.25, 0.3) is 5.91 Å². The Balaban J connectivity index is 1.40. The molecule has 1 aromatic carbocycles. The summed E-state index contributed by atoms with van der Waals surface area (Å²) in [5.74, 6) is 1.52. The fraction of sp³-hybridized carbons (Fsp3) is 0.450. The molecule has 2 heterocycles. The zero-order valence-corrected chi connectivity index (χ0v) is 17.4. The van der Waals surface area contributed by atoms with Crippen LogP contribution in [-0.2, 0) is 0 Å². The van der Waals surface area contributed by atoms with E-state index in [1.807, 2.05) is 0 Å². The van der Waals surface area contributed by atoms with Gasteiger partial charge in [-0.25, -0.2) is 4.79 Å². The molecule has 0 aliphatic carbocycles. The van der Waals surface area contributed by atoms with Gasteiger partial charge in [-0.3, -0.25) is 9.69 Å². The molecule has 1 aliphatic heterocycles. The average molecular weight is 417 g/mol. The second-order valence-electron chi connectivity index (χ2n) is 6.88. The molecule has 10 nitrogen and oxygen atoms in total. The molecule has 0 unspecified atom stereocenters. The average Bonchev–Trinajstić information content (AvgIpc) is 3.19. The molecule has 1 aromatic heterocycles. The number of aryl methyl sites for hydroxylation is 1. The highest BCUT2D eigenvalue weighted by atomic mass is 16.5. The van der Waals surface area contributed by atoms with Crippen LogP contribution in [-0.4, -0.2) is 80.4 Å². The van der Waals surface area contributed by atoms with E-state index in [1.54, 1.807) is 43.2 Å². The number of hydrogen-bond donors (Lipinski definition) is 2. The van der Waals surface area contributed by atoms with Crippen LogP contribution in [0.2, 0.25) is 0 Å². The highest BCUT2D eigenvalue weighted by Gasteiger charge is 2.24. The second-order valence-corrected chi connectivity index (χ2v) is 6.88. The largest absolute Gasteiger partial charge is 0.493 e. The lowest BCUT2D eigenvalue weighted by Gasteiger charge is -2.34. The topological polar surface area (TPSA) is 109 Å². The minimum absolute atomic E-state index is 0.115. The first-order valence-electron chi connectivity index (χ1n) is 9.72. The van der Waals surface area contributed by atoms with Crippen LogP contribution in [0.1, 0.15) is 16.2 Å². The molecule has 0 bridgehead atoms. The van der Waals surface area contributed by atoms with Crippen LogP contribution in [0.3, 0.4) is 0 Å². The van der Waals surface area contributed by atoms with Crippen molar-refractivity contribution >= 4 is 17.6 Å². The first kappa shape index (κ1) is 21.4. The highest BCUT2D eigenvalue weighted by Crippen LogP contribution is 2.34. The van der Waals surface area contributed by atoms with Crippen molar-refractivity contribution in [2.45, 2.75) is 6.92 Å². The molecule has 0 radical (unpaired) electrons. The molecule has 1 fully saturated rings. The summed E-state index contributed by atoms with van der Waals surface area (Å²) in [6, 6.07) is 6.60. The molecule has 0 saturated carbocycles. The number of piperazine rings is 1. The van der Waals surface area contributed by atoms with Crippen molar-refractivity contribution in [1.29, 1.82) is 0 Å². The van der Waals surface area contributed by atoms with Gasteiger partial charge in [0.15, 0.2) is 17.2 Å². The van der Waals surface area contributed by atoms with Crippen LogP contribution < -0.4 is 20.1 Å². The lowest BCUT2D eigenvalue weighted by atomic mass is 10.2. The summed E-state index contributed by atoms with van der Waals surface area (Å²) in [4.78, 5) is 28.6. The van der Waals surface area contributed by atoms with Crippen LogP contribution in [0, 0.1) is 6.92 Å². The van der Waals surface area contributed by atoms with Crippen molar-refractivity contribution < 1.29 is 23.6 Å². The van der Waals surface area contributed by atoms with Crippen LogP contribution in [0.15, 0.2) is 28.8 Å².